The van der Waals surface area contributed by atoms with E-state index in [-0.39, 0.29) is 5.25 Å². The summed E-state index contributed by atoms with van der Waals surface area (Å²) < 4.78 is 23.6. The summed E-state index contributed by atoms with van der Waals surface area (Å²) in [7, 11) is -1.09. The highest BCUT2D eigenvalue weighted by Crippen LogP contribution is 2.24. The second kappa shape index (κ2) is 5.71. The Bertz CT molecular complexity index is 243. The molecule has 0 aromatic heterocycles. The predicted octanol–water partition coefficient (Wildman–Crippen LogP) is 2.13. The van der Waals surface area contributed by atoms with Crippen LogP contribution in [0, 0.1) is 0 Å². The van der Waals surface area contributed by atoms with Gasteiger partial charge in [-0.25, -0.2) is 8.42 Å². The van der Waals surface area contributed by atoms with Crippen LogP contribution in [0.15, 0.2) is 0 Å². The Morgan fingerprint density at radius 3 is 2.43 bits per heavy atom. The largest absolute Gasteiger partial charge is 0.665 e. The Morgan fingerprint density at radius 1 is 1.21 bits per heavy atom. The third kappa shape index (κ3) is 3.58. The van der Waals surface area contributed by atoms with Crippen LogP contribution in [0.4, 0.5) is 0 Å². The van der Waals surface area contributed by atoms with Crippen LogP contribution < -0.4 is 0 Å². The molecule has 1 rings (SSSR count). The van der Waals surface area contributed by atoms with Gasteiger partial charge in [-0.3, -0.25) is 0 Å². The van der Waals surface area contributed by atoms with Crippen LogP contribution in [0.2, 0.25) is 0 Å². The third-order valence-corrected chi connectivity index (χ3v) is 5.22. The van der Waals surface area contributed by atoms with Crippen LogP contribution in [0.3, 0.4) is 0 Å². The van der Waals surface area contributed by atoms with E-state index in [4.69, 9.17) is 0 Å². The minimum absolute atomic E-state index is 0.0480. The maximum atomic E-state index is 11.8. The zero-order chi connectivity index (χ0) is 10.4. The van der Waals surface area contributed by atoms with Crippen LogP contribution in [0.25, 0.3) is 5.32 Å². The summed E-state index contributed by atoms with van der Waals surface area (Å²) in [5, 5.41) is 3.87. The van der Waals surface area contributed by atoms with Gasteiger partial charge in [0.15, 0.2) is 9.84 Å². The van der Waals surface area contributed by atoms with Gasteiger partial charge in [0.25, 0.3) is 0 Å². The number of hydrogen-bond acceptors (Lipinski definition) is 2. The first-order valence-electron chi connectivity index (χ1n) is 5.44. The standard InChI is InChI=1S/C10H20NO2S/c1-11-8-5-9-14(12,13)10-6-3-2-4-7-10/h10H,2-9H2,1H3/q-1. The molecule has 0 N–H and O–H groups in total. The maximum absolute atomic E-state index is 11.8. The van der Waals surface area contributed by atoms with Gasteiger partial charge in [0.2, 0.25) is 0 Å². The molecule has 0 bridgehead atoms. The van der Waals surface area contributed by atoms with Crippen molar-refractivity contribution in [3.8, 4) is 0 Å². The Labute approximate surface area is 87.2 Å². The molecule has 0 unspecified atom stereocenters. The molecule has 0 aromatic rings. The van der Waals surface area contributed by atoms with Crippen LogP contribution in [0.5, 0.6) is 0 Å². The van der Waals surface area contributed by atoms with Crippen molar-refractivity contribution in [3.63, 3.8) is 0 Å². The second-order valence-corrected chi connectivity index (χ2v) is 6.42. The average molecular weight is 218 g/mol. The van der Waals surface area contributed by atoms with E-state index >= 15 is 0 Å². The van der Waals surface area contributed by atoms with E-state index < -0.39 is 9.84 Å². The third-order valence-electron chi connectivity index (χ3n) is 2.87. The van der Waals surface area contributed by atoms with Gasteiger partial charge in [-0.05, 0) is 12.8 Å². The van der Waals surface area contributed by atoms with Crippen molar-refractivity contribution in [3.05, 3.63) is 5.32 Å². The quantitative estimate of drug-likeness (QED) is 0.664. The zero-order valence-corrected chi connectivity index (χ0v) is 9.72. The minimum Gasteiger partial charge on any atom is -0.665 e. The van der Waals surface area contributed by atoms with E-state index in [9.17, 15) is 8.42 Å². The lowest BCUT2D eigenvalue weighted by Crippen LogP contribution is -2.26. The van der Waals surface area contributed by atoms with Crippen LogP contribution in [0.1, 0.15) is 38.5 Å². The van der Waals surface area contributed by atoms with Gasteiger partial charge in [0, 0.05) is 5.75 Å². The summed E-state index contributed by atoms with van der Waals surface area (Å²) in [6.07, 6.45) is 5.83. The first-order valence-corrected chi connectivity index (χ1v) is 7.15. The highest BCUT2D eigenvalue weighted by atomic mass is 32.2. The summed E-state index contributed by atoms with van der Waals surface area (Å²) in [4.78, 5) is 0. The van der Waals surface area contributed by atoms with Crippen molar-refractivity contribution in [2.24, 2.45) is 0 Å². The van der Waals surface area contributed by atoms with Gasteiger partial charge in [-0.1, -0.05) is 25.7 Å². The highest BCUT2D eigenvalue weighted by Gasteiger charge is 2.25. The second-order valence-electron chi connectivity index (χ2n) is 4.02. The smallest absolute Gasteiger partial charge is 0.153 e. The molecule has 3 nitrogen and oxygen atoms in total. The summed E-state index contributed by atoms with van der Waals surface area (Å²) in [5.74, 6) is 0.328. The molecular formula is C10H20NO2S-. The normalized spacial score (nSPS) is 19.8. The van der Waals surface area contributed by atoms with Gasteiger partial charge < -0.3 is 5.32 Å². The molecule has 0 aliphatic heterocycles. The molecule has 0 amide bonds. The molecule has 0 spiro atoms. The molecule has 1 saturated carbocycles. The van der Waals surface area contributed by atoms with E-state index in [0.29, 0.717) is 18.7 Å². The zero-order valence-electron chi connectivity index (χ0n) is 8.91. The van der Waals surface area contributed by atoms with E-state index in [1.165, 1.54) is 6.42 Å². The van der Waals surface area contributed by atoms with E-state index in [0.717, 1.165) is 25.7 Å². The predicted molar refractivity (Wildman–Crippen MR) is 59.4 cm³/mol. The minimum atomic E-state index is -2.82. The summed E-state index contributed by atoms with van der Waals surface area (Å²) in [6.45, 7) is 0.673. The molecule has 0 heterocycles. The number of hydrogen-bond donors (Lipinski definition) is 0. The number of nitrogens with zero attached hydrogens (tertiary/aromatic N) is 1. The molecule has 1 aliphatic rings. The van der Waals surface area contributed by atoms with Gasteiger partial charge in [-0.15, -0.1) is 6.54 Å². The first-order chi connectivity index (χ1) is 6.67. The van der Waals surface area contributed by atoms with Crippen molar-refractivity contribution < 1.29 is 8.42 Å². The molecule has 0 saturated heterocycles. The summed E-state index contributed by atoms with van der Waals surface area (Å²) in [6, 6.07) is 0. The molecule has 4 heteroatoms. The average Bonchev–Trinajstić information content (AvgIpc) is 2.19. The Balaban J connectivity index is 2.38. The lowest BCUT2D eigenvalue weighted by molar-refractivity contribution is 0.483. The van der Waals surface area contributed by atoms with Crippen molar-refractivity contribution in [2.75, 3.05) is 19.3 Å². The molecule has 14 heavy (non-hydrogen) atoms. The monoisotopic (exact) mass is 218 g/mol. The number of rotatable bonds is 5. The fraction of sp³-hybridized carbons (Fsp3) is 1.00. The molecule has 1 fully saturated rings. The van der Waals surface area contributed by atoms with E-state index in [2.05, 4.69) is 5.32 Å². The van der Waals surface area contributed by atoms with Gasteiger partial charge >= 0.3 is 0 Å². The van der Waals surface area contributed by atoms with Gasteiger partial charge in [-0.2, -0.15) is 7.05 Å². The van der Waals surface area contributed by atoms with Gasteiger partial charge in [0.05, 0.1) is 5.25 Å². The fourth-order valence-electron chi connectivity index (χ4n) is 2.01. The van der Waals surface area contributed by atoms with Crippen molar-refractivity contribution in [1.29, 1.82) is 0 Å². The highest BCUT2D eigenvalue weighted by molar-refractivity contribution is 7.92. The summed E-state index contributed by atoms with van der Waals surface area (Å²) in [5.41, 5.74) is 0. The molecule has 0 atom stereocenters. The molecular weight excluding hydrogens is 198 g/mol. The molecule has 84 valence electrons. The van der Waals surface area contributed by atoms with Crippen LogP contribution >= 0.6 is 0 Å². The van der Waals surface area contributed by atoms with E-state index in [1.54, 1.807) is 7.05 Å². The molecule has 0 aromatic carbocycles. The summed E-state index contributed by atoms with van der Waals surface area (Å²) >= 11 is 0. The fourth-order valence-corrected chi connectivity index (χ4v) is 3.93. The SMILES string of the molecule is C[N-]CCCS(=O)(=O)C1CCCCC1. The number of sulfone groups is 1. The first kappa shape index (κ1) is 12.0. The Kier molecular flexibility index (Phi) is 4.89. The molecule has 0 radical (unpaired) electrons. The van der Waals surface area contributed by atoms with Crippen molar-refractivity contribution >= 4 is 9.84 Å². The van der Waals surface area contributed by atoms with Crippen molar-refractivity contribution in [2.45, 2.75) is 43.8 Å². The lowest BCUT2D eigenvalue weighted by Gasteiger charge is -2.22. The maximum Gasteiger partial charge on any atom is 0.153 e. The molecule has 1 aliphatic carbocycles. The van der Waals surface area contributed by atoms with Crippen molar-refractivity contribution in [1.82, 2.24) is 0 Å². The van der Waals surface area contributed by atoms with Gasteiger partial charge in [0.1, 0.15) is 0 Å². The van der Waals surface area contributed by atoms with Crippen LogP contribution in [-0.4, -0.2) is 33.0 Å². The lowest BCUT2D eigenvalue weighted by atomic mass is 10.0. The van der Waals surface area contributed by atoms with Crippen LogP contribution in [-0.2, 0) is 9.84 Å². The Morgan fingerprint density at radius 2 is 1.86 bits per heavy atom. The Hall–Kier alpha value is -0.0900. The topological polar surface area (TPSA) is 48.2 Å². The van der Waals surface area contributed by atoms with E-state index in [1.807, 2.05) is 0 Å².